The van der Waals surface area contributed by atoms with E-state index in [2.05, 4.69) is 43.8 Å². The van der Waals surface area contributed by atoms with Crippen LogP contribution >= 0.6 is 31.9 Å². The molecule has 6 nitrogen and oxygen atoms in total. The van der Waals surface area contributed by atoms with Gasteiger partial charge in [-0.2, -0.15) is 0 Å². The van der Waals surface area contributed by atoms with E-state index in [1.165, 1.54) is 17.7 Å². The third-order valence-electron chi connectivity index (χ3n) is 5.50. The van der Waals surface area contributed by atoms with Crippen molar-refractivity contribution >= 4 is 57.9 Å². The molecule has 1 unspecified atom stereocenters. The predicted molar refractivity (Wildman–Crippen MR) is 128 cm³/mol. The van der Waals surface area contributed by atoms with E-state index in [-0.39, 0.29) is 5.69 Å². The molecule has 0 bridgehead atoms. The van der Waals surface area contributed by atoms with E-state index >= 15 is 0 Å². The van der Waals surface area contributed by atoms with Gasteiger partial charge >= 0.3 is 0 Å². The molecule has 0 N–H and O–H groups in total. The Hall–Kier alpha value is -1.86. The molecule has 2 aromatic rings. The van der Waals surface area contributed by atoms with Crippen LogP contribution in [0.2, 0.25) is 0 Å². The van der Waals surface area contributed by atoms with E-state index in [1.807, 2.05) is 27.4 Å². The van der Waals surface area contributed by atoms with Crippen LogP contribution in [0.5, 0.6) is 0 Å². The molecule has 0 saturated carbocycles. The molecule has 4 rings (SSSR count). The molecule has 30 heavy (non-hydrogen) atoms. The van der Waals surface area contributed by atoms with Crippen LogP contribution in [0.4, 0.5) is 11.4 Å². The summed E-state index contributed by atoms with van der Waals surface area (Å²) in [7, 11) is -2.90. The molecule has 2 heterocycles. The standard InChI is InChI=1S/C21H19Br2N3O3S/c1-2-15-11-18(26(27)28)12-19-21(15)25(10-8-22)20(13-23)30(19,29)24-9-7-16-5-3-4-6-17(16)14-24/h1,3-6,11-12H,7-10,13-14H2. The molecule has 1 atom stereocenters. The number of benzene rings is 2. The number of non-ortho nitro benzene ring substituents is 1. The van der Waals surface area contributed by atoms with Gasteiger partial charge in [-0.3, -0.25) is 10.1 Å². The van der Waals surface area contributed by atoms with Gasteiger partial charge in [0.05, 0.1) is 36.1 Å². The number of rotatable bonds is 5. The summed E-state index contributed by atoms with van der Waals surface area (Å²) in [6, 6.07) is 11.0. The van der Waals surface area contributed by atoms with Crippen LogP contribution in [0, 0.1) is 22.5 Å². The number of nitrogens with zero attached hydrogens (tertiary/aromatic N) is 3. The molecule has 0 aliphatic carbocycles. The summed E-state index contributed by atoms with van der Waals surface area (Å²) < 4.78 is 16.7. The van der Waals surface area contributed by atoms with Crippen LogP contribution < -0.4 is 4.90 Å². The normalized spacial score (nSPS) is 20.6. The summed E-state index contributed by atoms with van der Waals surface area (Å²) in [5.74, 6) is 2.58. The van der Waals surface area contributed by atoms with Crippen molar-refractivity contribution in [3.05, 3.63) is 63.2 Å². The minimum atomic E-state index is -2.90. The summed E-state index contributed by atoms with van der Waals surface area (Å²) in [6.45, 7) is 1.67. The van der Waals surface area contributed by atoms with Crippen molar-refractivity contribution in [2.75, 3.05) is 28.6 Å². The highest BCUT2D eigenvalue weighted by Crippen LogP contribution is 2.43. The Bertz CT molecular complexity index is 1200. The van der Waals surface area contributed by atoms with Crippen LogP contribution in [-0.4, -0.2) is 42.2 Å². The number of nitro benzene ring substituents is 1. The lowest BCUT2D eigenvalue weighted by Crippen LogP contribution is -2.42. The summed E-state index contributed by atoms with van der Waals surface area (Å²) in [4.78, 5) is 14.2. The van der Waals surface area contributed by atoms with Gasteiger partial charge in [0.25, 0.3) is 5.69 Å². The van der Waals surface area contributed by atoms with Gasteiger partial charge in [0.2, 0.25) is 0 Å². The second-order valence-corrected chi connectivity index (χ2v) is 10.9. The minimum Gasteiger partial charge on any atom is -0.333 e. The molecule has 2 aliphatic heterocycles. The third-order valence-corrected chi connectivity index (χ3v) is 9.70. The number of hydrogen-bond acceptors (Lipinski definition) is 4. The molecular weight excluding hydrogens is 534 g/mol. The lowest BCUT2D eigenvalue weighted by molar-refractivity contribution is -0.385. The highest BCUT2D eigenvalue weighted by atomic mass is 79.9. The first-order chi connectivity index (χ1) is 14.4. The number of anilines is 1. The fourth-order valence-corrected chi connectivity index (χ4v) is 8.62. The first kappa shape index (κ1) is 21.4. The van der Waals surface area contributed by atoms with Gasteiger partial charge < -0.3 is 4.90 Å². The van der Waals surface area contributed by atoms with Crippen LogP contribution in [0.1, 0.15) is 16.7 Å². The maximum atomic E-state index is 14.8. The largest absolute Gasteiger partial charge is 0.333 e. The molecule has 9 heteroatoms. The van der Waals surface area contributed by atoms with Crippen LogP contribution in [0.15, 0.2) is 41.3 Å². The van der Waals surface area contributed by atoms with Gasteiger partial charge in [0, 0.05) is 37.1 Å². The SMILES string of the molecule is C#Cc1cc([N+](=O)[O-])cc2c1N(CCBr)C(CBr)=S2(=O)N1CCc2ccccc2C1. The lowest BCUT2D eigenvalue weighted by Gasteiger charge is -2.32. The molecule has 0 aromatic heterocycles. The van der Waals surface area contributed by atoms with E-state index in [4.69, 9.17) is 6.42 Å². The molecule has 2 aliphatic rings. The van der Waals surface area contributed by atoms with Gasteiger partial charge in [-0.05, 0) is 17.5 Å². The van der Waals surface area contributed by atoms with Crippen molar-refractivity contribution in [1.29, 1.82) is 0 Å². The first-order valence-electron chi connectivity index (χ1n) is 9.36. The van der Waals surface area contributed by atoms with E-state index in [0.717, 1.165) is 12.0 Å². The molecule has 0 fully saturated rings. The topological polar surface area (TPSA) is 66.7 Å². The number of terminal acetylenes is 1. The van der Waals surface area contributed by atoms with Crippen molar-refractivity contribution in [1.82, 2.24) is 4.31 Å². The average Bonchev–Trinajstić information content (AvgIpc) is 3.01. The molecule has 156 valence electrons. The molecule has 0 spiro atoms. The van der Waals surface area contributed by atoms with E-state index < -0.39 is 14.6 Å². The summed E-state index contributed by atoms with van der Waals surface area (Å²) in [5, 5.41) is 12.6. The number of halogens is 2. The number of nitro groups is 1. The van der Waals surface area contributed by atoms with Crippen LogP contribution in [0.3, 0.4) is 0 Å². The Morgan fingerprint density at radius 2 is 1.97 bits per heavy atom. The second kappa shape index (κ2) is 8.35. The van der Waals surface area contributed by atoms with Gasteiger partial charge in [0.1, 0.15) is 4.99 Å². The maximum absolute atomic E-state index is 14.8. The van der Waals surface area contributed by atoms with Gasteiger partial charge in [-0.25, -0.2) is 8.51 Å². The van der Waals surface area contributed by atoms with E-state index in [9.17, 15) is 14.3 Å². The molecule has 0 radical (unpaired) electrons. The van der Waals surface area contributed by atoms with Crippen molar-refractivity contribution in [3.63, 3.8) is 0 Å². The van der Waals surface area contributed by atoms with Crippen molar-refractivity contribution in [2.24, 2.45) is 0 Å². The monoisotopic (exact) mass is 551 g/mol. The van der Waals surface area contributed by atoms with Gasteiger partial charge in [0.15, 0.2) is 0 Å². The zero-order valence-corrected chi connectivity index (χ0v) is 20.0. The summed E-state index contributed by atoms with van der Waals surface area (Å²) in [6.07, 6.45) is 6.50. The van der Waals surface area contributed by atoms with Crippen molar-refractivity contribution in [3.8, 4) is 12.3 Å². The zero-order chi connectivity index (χ0) is 21.5. The Morgan fingerprint density at radius 3 is 2.60 bits per heavy atom. The Balaban J connectivity index is 1.98. The number of fused-ring (bicyclic) bond motifs is 2. The molecule has 0 amide bonds. The highest BCUT2D eigenvalue weighted by molar-refractivity contribution is 9.09. The van der Waals surface area contributed by atoms with E-state index in [1.54, 1.807) is 0 Å². The Kier molecular flexibility index (Phi) is 5.95. The fraction of sp³-hybridized carbons (Fsp3) is 0.286. The molecule has 2 aromatic carbocycles. The number of alkyl halides is 2. The zero-order valence-electron chi connectivity index (χ0n) is 16.0. The van der Waals surface area contributed by atoms with Gasteiger partial charge in [-0.1, -0.05) is 62.0 Å². The van der Waals surface area contributed by atoms with Gasteiger partial charge in [-0.15, -0.1) is 6.42 Å². The molecule has 0 saturated heterocycles. The summed E-state index contributed by atoms with van der Waals surface area (Å²) in [5.41, 5.74) is 3.27. The lowest BCUT2D eigenvalue weighted by atomic mass is 10.0. The predicted octanol–water partition coefficient (Wildman–Crippen LogP) is 3.93. The molecular formula is C21H19Br2N3O3S. The van der Waals surface area contributed by atoms with Crippen LogP contribution in [-0.2, 0) is 22.7 Å². The Labute approximate surface area is 192 Å². The third kappa shape index (κ3) is 3.26. The highest BCUT2D eigenvalue weighted by Gasteiger charge is 2.41. The average molecular weight is 553 g/mol. The quantitative estimate of drug-likeness (QED) is 0.185. The van der Waals surface area contributed by atoms with Crippen molar-refractivity contribution < 1.29 is 9.13 Å². The fourth-order valence-electron chi connectivity index (χ4n) is 4.14. The maximum Gasteiger partial charge on any atom is 0.272 e. The van der Waals surface area contributed by atoms with Crippen LogP contribution in [0.25, 0.3) is 0 Å². The summed E-state index contributed by atoms with van der Waals surface area (Å²) >= 11 is 7.00. The Morgan fingerprint density at radius 1 is 1.23 bits per heavy atom. The number of hydrogen-bond donors (Lipinski definition) is 0. The smallest absolute Gasteiger partial charge is 0.272 e. The second-order valence-electron chi connectivity index (χ2n) is 7.02. The first-order valence-corrected chi connectivity index (χ1v) is 13.1. The van der Waals surface area contributed by atoms with E-state index in [0.29, 0.717) is 51.4 Å². The van der Waals surface area contributed by atoms with Crippen molar-refractivity contribution in [2.45, 2.75) is 17.9 Å². The minimum absolute atomic E-state index is 0.138.